The molecule has 0 heterocycles. The first-order chi connectivity index (χ1) is 8.65. The van der Waals surface area contributed by atoms with Gasteiger partial charge in [0.15, 0.2) is 0 Å². The fourth-order valence-corrected chi connectivity index (χ4v) is 1.47. The third-order valence-electron chi connectivity index (χ3n) is 2.86. The Balaban J connectivity index is 2.48. The lowest BCUT2D eigenvalue weighted by atomic mass is 10.0. The van der Waals surface area contributed by atoms with Crippen LogP contribution in [0, 0.1) is 16.0 Å². The van der Waals surface area contributed by atoms with Gasteiger partial charge in [-0.1, -0.05) is 32.4 Å². The van der Waals surface area contributed by atoms with Gasteiger partial charge >= 0.3 is 0 Å². The number of benzene rings is 1. The van der Waals surface area contributed by atoms with Gasteiger partial charge in [0.1, 0.15) is 5.69 Å². The molecular weight excluding hydrogens is 230 g/mol. The minimum Gasteiger partial charge on any atom is -0.272 e. The molecule has 0 aliphatic carbocycles. The molecule has 0 aliphatic heterocycles. The van der Waals surface area contributed by atoms with E-state index < -0.39 is 4.92 Å². The van der Waals surface area contributed by atoms with Gasteiger partial charge in [-0.2, -0.15) is 5.10 Å². The van der Waals surface area contributed by atoms with Crippen molar-refractivity contribution in [2.45, 2.75) is 33.1 Å². The third kappa shape index (κ3) is 4.53. The third-order valence-corrected chi connectivity index (χ3v) is 2.86. The van der Waals surface area contributed by atoms with Crippen molar-refractivity contribution in [3.63, 3.8) is 0 Å². The minimum atomic E-state index is -0.420. The Labute approximate surface area is 107 Å². The molecule has 0 aromatic heterocycles. The van der Waals surface area contributed by atoms with E-state index in [1.165, 1.54) is 6.07 Å². The highest BCUT2D eigenvalue weighted by atomic mass is 16.6. The van der Waals surface area contributed by atoms with Crippen LogP contribution in [0.2, 0.25) is 0 Å². The second-order valence-corrected chi connectivity index (χ2v) is 4.29. The lowest BCUT2D eigenvalue weighted by Gasteiger charge is -2.04. The molecule has 5 nitrogen and oxygen atoms in total. The normalized spacial score (nSPS) is 12.6. The highest BCUT2D eigenvalue weighted by Gasteiger charge is 2.10. The summed E-state index contributed by atoms with van der Waals surface area (Å²) in [6, 6.07) is 6.47. The molecular formula is C13H19N3O2. The number of anilines is 1. The van der Waals surface area contributed by atoms with Crippen LogP contribution < -0.4 is 5.43 Å². The standard InChI is InChI=1S/C13H19N3O2/c1-3-11(2)7-6-10-14-15-12-8-4-5-9-13(12)16(17)18/h4-5,8-11,15H,3,6-7H2,1-2H3/b14-10-. The summed E-state index contributed by atoms with van der Waals surface area (Å²) >= 11 is 0. The van der Waals surface area contributed by atoms with Gasteiger partial charge in [0.2, 0.25) is 0 Å². The zero-order chi connectivity index (χ0) is 13.4. The topological polar surface area (TPSA) is 67.5 Å². The molecule has 1 N–H and O–H groups in total. The van der Waals surface area contributed by atoms with Crippen molar-refractivity contribution in [1.29, 1.82) is 0 Å². The molecule has 5 heteroatoms. The van der Waals surface area contributed by atoms with E-state index in [-0.39, 0.29) is 5.69 Å². The van der Waals surface area contributed by atoms with Gasteiger partial charge in [0, 0.05) is 12.3 Å². The number of nitrogens with zero attached hydrogens (tertiary/aromatic N) is 2. The molecule has 0 radical (unpaired) electrons. The highest BCUT2D eigenvalue weighted by molar-refractivity contribution is 5.64. The molecule has 0 bridgehead atoms. The summed E-state index contributed by atoms with van der Waals surface area (Å²) in [5, 5.41) is 14.8. The highest BCUT2D eigenvalue weighted by Crippen LogP contribution is 2.22. The average molecular weight is 249 g/mol. The number of hydrogen-bond donors (Lipinski definition) is 1. The van der Waals surface area contributed by atoms with Crippen LogP contribution in [0.1, 0.15) is 33.1 Å². The Morgan fingerprint density at radius 1 is 1.50 bits per heavy atom. The Morgan fingerprint density at radius 3 is 2.89 bits per heavy atom. The van der Waals surface area contributed by atoms with Crippen LogP contribution in [0.3, 0.4) is 0 Å². The number of nitrogens with one attached hydrogen (secondary N) is 1. The van der Waals surface area contributed by atoms with E-state index in [1.807, 2.05) is 0 Å². The van der Waals surface area contributed by atoms with Gasteiger partial charge in [-0.3, -0.25) is 15.5 Å². The Kier molecular flexibility index (Phi) is 5.84. The van der Waals surface area contributed by atoms with E-state index in [2.05, 4.69) is 24.4 Å². The SMILES string of the molecule is CCC(C)CC/C=N\Nc1ccccc1[N+](=O)[O-]. The van der Waals surface area contributed by atoms with Crippen molar-refractivity contribution in [2.75, 3.05) is 5.43 Å². The number of nitro benzene ring substituents is 1. The number of hydrazone groups is 1. The first-order valence-electron chi connectivity index (χ1n) is 6.16. The molecule has 1 rings (SSSR count). The summed E-state index contributed by atoms with van der Waals surface area (Å²) in [5.74, 6) is 0.683. The number of nitro groups is 1. The van der Waals surface area contributed by atoms with E-state index in [9.17, 15) is 10.1 Å². The molecule has 1 aromatic carbocycles. The van der Waals surface area contributed by atoms with Crippen LogP contribution in [-0.4, -0.2) is 11.1 Å². The summed E-state index contributed by atoms with van der Waals surface area (Å²) in [7, 11) is 0. The van der Waals surface area contributed by atoms with Gasteiger partial charge in [-0.05, 0) is 24.8 Å². The van der Waals surface area contributed by atoms with Gasteiger partial charge in [0.05, 0.1) is 4.92 Å². The van der Waals surface area contributed by atoms with E-state index in [0.29, 0.717) is 11.6 Å². The molecule has 0 spiro atoms. The first kappa shape index (κ1) is 14.2. The molecule has 18 heavy (non-hydrogen) atoms. The second kappa shape index (κ2) is 7.42. The van der Waals surface area contributed by atoms with Crippen LogP contribution in [0.15, 0.2) is 29.4 Å². The van der Waals surface area contributed by atoms with Gasteiger partial charge in [0.25, 0.3) is 5.69 Å². The number of hydrogen-bond acceptors (Lipinski definition) is 4. The molecule has 1 aromatic rings. The van der Waals surface area contributed by atoms with Crippen LogP contribution >= 0.6 is 0 Å². The maximum absolute atomic E-state index is 10.8. The summed E-state index contributed by atoms with van der Waals surface area (Å²) in [5.41, 5.74) is 3.17. The number of para-hydroxylation sites is 2. The maximum atomic E-state index is 10.8. The smallest absolute Gasteiger partial charge is 0.272 e. The van der Waals surface area contributed by atoms with Gasteiger partial charge in [-0.15, -0.1) is 0 Å². The molecule has 0 saturated carbocycles. The molecule has 1 unspecified atom stereocenters. The Bertz CT molecular complexity index is 418. The van der Waals surface area contributed by atoms with Crippen molar-refractivity contribution in [2.24, 2.45) is 11.0 Å². The average Bonchev–Trinajstić information content (AvgIpc) is 2.38. The first-order valence-corrected chi connectivity index (χ1v) is 6.16. The van der Waals surface area contributed by atoms with E-state index >= 15 is 0 Å². The van der Waals surface area contributed by atoms with Crippen molar-refractivity contribution >= 4 is 17.6 Å². The van der Waals surface area contributed by atoms with Crippen molar-refractivity contribution in [3.05, 3.63) is 34.4 Å². The van der Waals surface area contributed by atoms with E-state index in [0.717, 1.165) is 19.3 Å². The summed E-state index contributed by atoms with van der Waals surface area (Å²) in [6.45, 7) is 4.36. The van der Waals surface area contributed by atoms with Crippen LogP contribution in [0.4, 0.5) is 11.4 Å². The fourth-order valence-electron chi connectivity index (χ4n) is 1.47. The Hall–Kier alpha value is -1.91. The lowest BCUT2D eigenvalue weighted by molar-refractivity contribution is -0.384. The molecule has 0 saturated heterocycles. The van der Waals surface area contributed by atoms with Crippen molar-refractivity contribution in [3.8, 4) is 0 Å². The quantitative estimate of drug-likeness (QED) is 0.453. The minimum absolute atomic E-state index is 0.0385. The van der Waals surface area contributed by atoms with Crippen molar-refractivity contribution < 1.29 is 4.92 Å². The van der Waals surface area contributed by atoms with E-state index in [1.54, 1.807) is 24.4 Å². The summed E-state index contributed by atoms with van der Waals surface area (Å²) in [6.07, 6.45) is 4.88. The second-order valence-electron chi connectivity index (χ2n) is 4.29. The molecule has 0 aliphatic rings. The number of rotatable bonds is 7. The molecule has 98 valence electrons. The van der Waals surface area contributed by atoms with Crippen LogP contribution in [0.25, 0.3) is 0 Å². The molecule has 1 atom stereocenters. The molecule has 0 fully saturated rings. The maximum Gasteiger partial charge on any atom is 0.294 e. The zero-order valence-corrected chi connectivity index (χ0v) is 10.8. The largest absolute Gasteiger partial charge is 0.294 e. The van der Waals surface area contributed by atoms with Crippen LogP contribution in [0.5, 0.6) is 0 Å². The Morgan fingerprint density at radius 2 is 2.22 bits per heavy atom. The van der Waals surface area contributed by atoms with Gasteiger partial charge in [-0.25, -0.2) is 0 Å². The fraction of sp³-hybridized carbons (Fsp3) is 0.462. The van der Waals surface area contributed by atoms with Gasteiger partial charge < -0.3 is 0 Å². The monoisotopic (exact) mass is 249 g/mol. The predicted octanol–water partition coefficient (Wildman–Crippen LogP) is 3.82. The van der Waals surface area contributed by atoms with Crippen LogP contribution in [-0.2, 0) is 0 Å². The van der Waals surface area contributed by atoms with E-state index in [4.69, 9.17) is 0 Å². The summed E-state index contributed by atoms with van der Waals surface area (Å²) in [4.78, 5) is 10.3. The van der Waals surface area contributed by atoms with Crippen molar-refractivity contribution in [1.82, 2.24) is 0 Å². The predicted molar refractivity (Wildman–Crippen MR) is 73.9 cm³/mol. The molecule has 0 amide bonds. The summed E-state index contributed by atoms with van der Waals surface area (Å²) < 4.78 is 0. The zero-order valence-electron chi connectivity index (χ0n) is 10.8. The lowest BCUT2D eigenvalue weighted by Crippen LogP contribution is -1.97.